The molecule has 0 radical (unpaired) electrons. The van der Waals surface area contributed by atoms with Crippen LogP contribution in [0.15, 0.2) is 24.3 Å². The van der Waals surface area contributed by atoms with Gasteiger partial charge in [-0.25, -0.2) is 4.39 Å². The Morgan fingerprint density at radius 3 is 3.00 bits per heavy atom. The Labute approximate surface area is 96.5 Å². The molecule has 1 aliphatic rings. The Balaban J connectivity index is 1.93. The van der Waals surface area contributed by atoms with E-state index in [9.17, 15) is 4.39 Å². The fourth-order valence-corrected chi connectivity index (χ4v) is 2.20. The third-order valence-corrected chi connectivity index (χ3v) is 3.15. The molecule has 2 nitrogen and oxygen atoms in total. The van der Waals surface area contributed by atoms with E-state index in [0.717, 1.165) is 18.7 Å². The number of rotatable bonds is 2. The van der Waals surface area contributed by atoms with Crippen molar-refractivity contribution >= 4 is 5.69 Å². The summed E-state index contributed by atoms with van der Waals surface area (Å²) >= 11 is 0. The maximum atomic E-state index is 13.0. The van der Waals surface area contributed by atoms with E-state index in [2.05, 4.69) is 17.3 Å². The van der Waals surface area contributed by atoms with Crippen LogP contribution >= 0.6 is 0 Å². The first-order valence-corrected chi connectivity index (χ1v) is 5.95. The van der Waals surface area contributed by atoms with Crippen LogP contribution in [0.4, 0.5) is 10.1 Å². The van der Waals surface area contributed by atoms with Crippen molar-refractivity contribution in [3.63, 3.8) is 0 Å². The summed E-state index contributed by atoms with van der Waals surface area (Å²) in [6.07, 6.45) is 3.51. The lowest BCUT2D eigenvalue weighted by atomic mass is 10.1. The second-order valence-corrected chi connectivity index (χ2v) is 4.59. The van der Waals surface area contributed by atoms with Crippen molar-refractivity contribution in [2.75, 3.05) is 25.5 Å². The molecule has 0 saturated carbocycles. The highest BCUT2D eigenvalue weighted by molar-refractivity contribution is 5.43. The molecule has 1 unspecified atom stereocenters. The Kier molecular flexibility index (Phi) is 3.78. The van der Waals surface area contributed by atoms with Gasteiger partial charge in [-0.15, -0.1) is 0 Å². The van der Waals surface area contributed by atoms with Crippen LogP contribution in [0.25, 0.3) is 0 Å². The maximum Gasteiger partial charge on any atom is 0.125 e. The molecule has 1 aromatic rings. The van der Waals surface area contributed by atoms with E-state index >= 15 is 0 Å². The lowest BCUT2D eigenvalue weighted by Crippen LogP contribution is -2.22. The van der Waals surface area contributed by atoms with Crippen LogP contribution in [0.2, 0.25) is 0 Å². The van der Waals surface area contributed by atoms with E-state index in [1.54, 1.807) is 12.1 Å². The SMILES string of the molecule is CN1CCCC(Nc2cccc(F)c2)CC1. The Bertz CT molecular complexity index is 340. The van der Waals surface area contributed by atoms with Gasteiger partial charge >= 0.3 is 0 Å². The molecule has 16 heavy (non-hydrogen) atoms. The van der Waals surface area contributed by atoms with Gasteiger partial charge in [0.05, 0.1) is 0 Å². The van der Waals surface area contributed by atoms with Crippen molar-refractivity contribution < 1.29 is 4.39 Å². The molecule has 0 bridgehead atoms. The summed E-state index contributed by atoms with van der Waals surface area (Å²) in [4.78, 5) is 2.35. The highest BCUT2D eigenvalue weighted by atomic mass is 19.1. The first-order valence-electron chi connectivity index (χ1n) is 5.95. The summed E-state index contributed by atoms with van der Waals surface area (Å²) < 4.78 is 13.0. The quantitative estimate of drug-likeness (QED) is 0.827. The highest BCUT2D eigenvalue weighted by Gasteiger charge is 2.14. The molecule has 1 atom stereocenters. The summed E-state index contributed by atoms with van der Waals surface area (Å²) in [5.74, 6) is -0.171. The molecule has 0 aliphatic carbocycles. The van der Waals surface area contributed by atoms with Gasteiger partial charge in [0.15, 0.2) is 0 Å². The molecule has 88 valence electrons. The topological polar surface area (TPSA) is 15.3 Å². The molecule has 1 saturated heterocycles. The lowest BCUT2D eigenvalue weighted by molar-refractivity contribution is 0.348. The van der Waals surface area contributed by atoms with Gasteiger partial charge in [0.1, 0.15) is 5.82 Å². The number of benzene rings is 1. The molecular weight excluding hydrogens is 203 g/mol. The van der Waals surface area contributed by atoms with E-state index in [1.165, 1.54) is 25.5 Å². The van der Waals surface area contributed by atoms with Gasteiger partial charge in [-0.3, -0.25) is 0 Å². The van der Waals surface area contributed by atoms with Gasteiger partial charge in [0.25, 0.3) is 0 Å². The Hall–Kier alpha value is -1.09. The second kappa shape index (κ2) is 5.30. The maximum absolute atomic E-state index is 13.0. The average molecular weight is 222 g/mol. The smallest absolute Gasteiger partial charge is 0.125 e. The number of nitrogens with zero attached hydrogens (tertiary/aromatic N) is 1. The zero-order valence-corrected chi connectivity index (χ0v) is 9.75. The summed E-state index contributed by atoms with van der Waals surface area (Å²) in [5, 5.41) is 3.42. The van der Waals surface area contributed by atoms with E-state index in [1.807, 2.05) is 6.07 Å². The van der Waals surface area contributed by atoms with Crippen molar-refractivity contribution in [2.45, 2.75) is 25.3 Å². The first kappa shape index (κ1) is 11.4. The monoisotopic (exact) mass is 222 g/mol. The second-order valence-electron chi connectivity index (χ2n) is 4.59. The lowest BCUT2D eigenvalue weighted by Gasteiger charge is -2.18. The largest absolute Gasteiger partial charge is 0.382 e. The van der Waals surface area contributed by atoms with Crippen LogP contribution in [0.3, 0.4) is 0 Å². The number of hydrogen-bond donors (Lipinski definition) is 1. The molecular formula is C13H19FN2. The van der Waals surface area contributed by atoms with Crippen LogP contribution in [0.5, 0.6) is 0 Å². The molecule has 0 spiro atoms. The van der Waals surface area contributed by atoms with Gasteiger partial charge in [0.2, 0.25) is 0 Å². The van der Waals surface area contributed by atoms with Crippen LogP contribution in [0, 0.1) is 5.82 Å². The molecule has 1 heterocycles. The minimum atomic E-state index is -0.171. The fourth-order valence-electron chi connectivity index (χ4n) is 2.20. The number of halogens is 1. The molecule has 0 amide bonds. The highest BCUT2D eigenvalue weighted by Crippen LogP contribution is 2.16. The zero-order chi connectivity index (χ0) is 11.4. The predicted octanol–water partition coefficient (Wildman–Crippen LogP) is 2.72. The predicted molar refractivity (Wildman–Crippen MR) is 65.2 cm³/mol. The van der Waals surface area contributed by atoms with Crippen molar-refractivity contribution in [1.82, 2.24) is 4.90 Å². The number of likely N-dealkylation sites (tertiary alicyclic amines) is 1. The molecule has 1 aromatic carbocycles. The Morgan fingerprint density at radius 2 is 2.19 bits per heavy atom. The van der Waals surface area contributed by atoms with Gasteiger partial charge < -0.3 is 10.2 Å². The molecule has 1 aliphatic heterocycles. The summed E-state index contributed by atoms with van der Waals surface area (Å²) in [7, 11) is 2.16. The summed E-state index contributed by atoms with van der Waals surface area (Å²) in [6, 6.07) is 7.20. The van der Waals surface area contributed by atoms with Crippen LogP contribution in [0.1, 0.15) is 19.3 Å². The van der Waals surface area contributed by atoms with Crippen molar-refractivity contribution in [3.8, 4) is 0 Å². The van der Waals surface area contributed by atoms with Crippen LogP contribution in [-0.2, 0) is 0 Å². The number of nitrogens with one attached hydrogen (secondary N) is 1. The van der Waals surface area contributed by atoms with Gasteiger partial charge in [-0.2, -0.15) is 0 Å². The standard InChI is InChI=1S/C13H19FN2/c1-16-8-3-6-12(7-9-16)15-13-5-2-4-11(14)10-13/h2,4-5,10,12,15H,3,6-9H2,1H3. The normalized spacial score (nSPS) is 22.8. The third-order valence-electron chi connectivity index (χ3n) is 3.15. The Morgan fingerprint density at radius 1 is 1.31 bits per heavy atom. The number of hydrogen-bond acceptors (Lipinski definition) is 2. The fraction of sp³-hybridized carbons (Fsp3) is 0.538. The molecule has 3 heteroatoms. The van der Waals surface area contributed by atoms with Gasteiger partial charge in [0, 0.05) is 11.7 Å². The van der Waals surface area contributed by atoms with E-state index < -0.39 is 0 Å². The third kappa shape index (κ3) is 3.20. The first-order chi connectivity index (χ1) is 7.74. The van der Waals surface area contributed by atoms with Crippen LogP contribution in [-0.4, -0.2) is 31.1 Å². The van der Waals surface area contributed by atoms with Crippen molar-refractivity contribution in [3.05, 3.63) is 30.1 Å². The van der Waals surface area contributed by atoms with Gasteiger partial charge in [-0.05, 0) is 57.6 Å². The minimum absolute atomic E-state index is 0.171. The molecule has 1 N–H and O–H groups in total. The molecule has 0 aromatic heterocycles. The zero-order valence-electron chi connectivity index (χ0n) is 9.75. The van der Waals surface area contributed by atoms with Crippen molar-refractivity contribution in [1.29, 1.82) is 0 Å². The summed E-state index contributed by atoms with van der Waals surface area (Å²) in [5.41, 5.74) is 0.898. The minimum Gasteiger partial charge on any atom is -0.382 e. The van der Waals surface area contributed by atoms with Crippen LogP contribution < -0.4 is 5.32 Å². The molecule has 2 rings (SSSR count). The van der Waals surface area contributed by atoms with Gasteiger partial charge in [-0.1, -0.05) is 6.07 Å². The van der Waals surface area contributed by atoms with E-state index in [0.29, 0.717) is 6.04 Å². The average Bonchev–Trinajstić information content (AvgIpc) is 2.44. The van der Waals surface area contributed by atoms with E-state index in [4.69, 9.17) is 0 Å². The summed E-state index contributed by atoms with van der Waals surface area (Å²) in [6.45, 7) is 2.29. The molecule has 1 fully saturated rings. The number of anilines is 1. The van der Waals surface area contributed by atoms with Crippen molar-refractivity contribution in [2.24, 2.45) is 0 Å². The van der Waals surface area contributed by atoms with E-state index in [-0.39, 0.29) is 5.82 Å².